The molecule has 0 aromatic heterocycles. The number of carbonyl (C=O) groups is 2. The molecular formula is C13H15BrFN3O2. The van der Waals surface area contributed by atoms with Crippen LogP contribution < -0.4 is 11.1 Å². The molecule has 0 bridgehead atoms. The Labute approximate surface area is 124 Å². The Hall–Kier alpha value is -1.63. The third kappa shape index (κ3) is 3.27. The second-order valence-corrected chi connectivity index (χ2v) is 5.48. The molecule has 2 rings (SSSR count). The molecule has 0 aliphatic carbocycles. The zero-order chi connectivity index (χ0) is 14.7. The summed E-state index contributed by atoms with van der Waals surface area (Å²) in [7, 11) is 0. The average Bonchev–Trinajstić information content (AvgIpc) is 2.94. The van der Waals surface area contributed by atoms with Crippen LogP contribution in [0.15, 0.2) is 16.6 Å². The van der Waals surface area contributed by atoms with Gasteiger partial charge in [0.1, 0.15) is 5.82 Å². The summed E-state index contributed by atoms with van der Waals surface area (Å²) in [5.41, 5.74) is 5.53. The van der Waals surface area contributed by atoms with Gasteiger partial charge in [-0.1, -0.05) is 0 Å². The predicted molar refractivity (Wildman–Crippen MR) is 76.7 cm³/mol. The van der Waals surface area contributed by atoms with Crippen molar-refractivity contribution in [2.24, 2.45) is 0 Å². The number of nitrogens with two attached hydrogens (primary N) is 1. The summed E-state index contributed by atoms with van der Waals surface area (Å²) in [4.78, 5) is 25.5. The van der Waals surface area contributed by atoms with Crippen molar-refractivity contribution in [2.75, 3.05) is 25.4 Å². The van der Waals surface area contributed by atoms with Gasteiger partial charge in [0.15, 0.2) is 0 Å². The van der Waals surface area contributed by atoms with E-state index in [0.29, 0.717) is 4.47 Å². The van der Waals surface area contributed by atoms with Gasteiger partial charge in [-0.05, 0) is 40.9 Å². The molecule has 1 heterocycles. The maximum atomic E-state index is 13.2. The maximum Gasteiger partial charge on any atom is 0.252 e. The highest BCUT2D eigenvalue weighted by Gasteiger charge is 2.19. The molecular weight excluding hydrogens is 329 g/mol. The van der Waals surface area contributed by atoms with Crippen LogP contribution in [0.1, 0.15) is 23.2 Å². The van der Waals surface area contributed by atoms with Crippen LogP contribution in [-0.4, -0.2) is 36.3 Å². The molecule has 0 radical (unpaired) electrons. The third-order valence-corrected chi connectivity index (χ3v) is 3.85. The van der Waals surface area contributed by atoms with Crippen molar-refractivity contribution < 1.29 is 14.0 Å². The molecule has 1 aromatic carbocycles. The van der Waals surface area contributed by atoms with Crippen LogP contribution in [0.25, 0.3) is 0 Å². The molecule has 108 valence electrons. The second-order valence-electron chi connectivity index (χ2n) is 4.62. The monoisotopic (exact) mass is 343 g/mol. The van der Waals surface area contributed by atoms with E-state index in [-0.39, 0.29) is 23.7 Å². The average molecular weight is 344 g/mol. The van der Waals surface area contributed by atoms with Crippen LogP contribution in [0.5, 0.6) is 0 Å². The van der Waals surface area contributed by atoms with Gasteiger partial charge in [0, 0.05) is 17.6 Å². The zero-order valence-corrected chi connectivity index (χ0v) is 12.4. The van der Waals surface area contributed by atoms with Gasteiger partial charge in [-0.2, -0.15) is 0 Å². The minimum Gasteiger partial charge on any atom is -0.396 e. The number of hydrogen-bond acceptors (Lipinski definition) is 3. The summed E-state index contributed by atoms with van der Waals surface area (Å²) in [6, 6.07) is 2.38. The lowest BCUT2D eigenvalue weighted by molar-refractivity contribution is -0.129. The fourth-order valence-electron chi connectivity index (χ4n) is 2.07. The highest BCUT2D eigenvalue weighted by Crippen LogP contribution is 2.22. The van der Waals surface area contributed by atoms with E-state index >= 15 is 0 Å². The highest BCUT2D eigenvalue weighted by atomic mass is 79.9. The molecule has 5 nitrogen and oxygen atoms in total. The van der Waals surface area contributed by atoms with Gasteiger partial charge < -0.3 is 16.0 Å². The van der Waals surface area contributed by atoms with E-state index < -0.39 is 11.7 Å². The molecule has 1 aliphatic heterocycles. The Morgan fingerprint density at radius 3 is 2.65 bits per heavy atom. The molecule has 0 saturated carbocycles. The first-order valence-corrected chi connectivity index (χ1v) is 7.09. The molecule has 1 fully saturated rings. The standard InChI is InChI=1S/C13H15BrFN3O2/c14-9-6-10(15)11(16)5-8(9)13(20)17-7-12(19)18-3-1-2-4-18/h5-6H,1-4,7,16H2,(H,17,20). The number of hydrogen-bond donors (Lipinski definition) is 2. The van der Waals surface area contributed by atoms with Gasteiger partial charge in [0.2, 0.25) is 5.91 Å². The first-order chi connectivity index (χ1) is 9.49. The quantitative estimate of drug-likeness (QED) is 0.817. The van der Waals surface area contributed by atoms with E-state index in [4.69, 9.17) is 5.73 Å². The largest absolute Gasteiger partial charge is 0.396 e. The first-order valence-electron chi connectivity index (χ1n) is 6.29. The molecule has 0 unspecified atom stereocenters. The van der Waals surface area contributed by atoms with Crippen molar-refractivity contribution in [3.8, 4) is 0 Å². The number of nitrogens with zero attached hydrogens (tertiary/aromatic N) is 1. The predicted octanol–water partition coefficient (Wildman–Crippen LogP) is 1.52. The summed E-state index contributed by atoms with van der Waals surface area (Å²) in [6.45, 7) is 1.41. The van der Waals surface area contributed by atoms with E-state index in [1.165, 1.54) is 6.07 Å². The number of carbonyl (C=O) groups excluding carboxylic acids is 2. The lowest BCUT2D eigenvalue weighted by Gasteiger charge is -2.15. The molecule has 7 heteroatoms. The number of nitrogen functional groups attached to an aromatic ring is 1. The Bertz CT molecular complexity index is 545. The van der Waals surface area contributed by atoms with E-state index in [0.717, 1.165) is 32.0 Å². The van der Waals surface area contributed by atoms with E-state index in [2.05, 4.69) is 21.2 Å². The van der Waals surface area contributed by atoms with Gasteiger partial charge in [0.25, 0.3) is 5.91 Å². The topological polar surface area (TPSA) is 75.4 Å². The van der Waals surface area contributed by atoms with Gasteiger partial charge >= 0.3 is 0 Å². The molecule has 20 heavy (non-hydrogen) atoms. The number of anilines is 1. The third-order valence-electron chi connectivity index (χ3n) is 3.19. The summed E-state index contributed by atoms with van der Waals surface area (Å²) in [5.74, 6) is -1.17. The van der Waals surface area contributed by atoms with Crippen LogP contribution in [0, 0.1) is 5.82 Å². The van der Waals surface area contributed by atoms with Crippen molar-refractivity contribution >= 4 is 33.4 Å². The fraction of sp³-hybridized carbons (Fsp3) is 0.385. The molecule has 1 saturated heterocycles. The Balaban J connectivity index is 1.98. The van der Waals surface area contributed by atoms with E-state index in [1.54, 1.807) is 4.90 Å². The normalized spacial score (nSPS) is 14.4. The minimum atomic E-state index is -0.596. The molecule has 1 aliphatic rings. The number of nitrogens with one attached hydrogen (secondary N) is 1. The number of halogens is 2. The Morgan fingerprint density at radius 2 is 2.00 bits per heavy atom. The number of amides is 2. The van der Waals surface area contributed by atoms with Crippen molar-refractivity contribution in [2.45, 2.75) is 12.8 Å². The summed E-state index contributed by atoms with van der Waals surface area (Å²) < 4.78 is 13.5. The SMILES string of the molecule is Nc1cc(C(=O)NCC(=O)N2CCCC2)c(Br)cc1F. The number of likely N-dealkylation sites (tertiary alicyclic amines) is 1. The lowest BCUT2D eigenvalue weighted by atomic mass is 10.2. The molecule has 0 atom stereocenters. The van der Waals surface area contributed by atoms with E-state index in [9.17, 15) is 14.0 Å². The van der Waals surface area contributed by atoms with Crippen molar-refractivity contribution in [1.29, 1.82) is 0 Å². The number of rotatable bonds is 3. The molecule has 2 amide bonds. The van der Waals surface area contributed by atoms with Crippen molar-refractivity contribution in [1.82, 2.24) is 10.2 Å². The highest BCUT2D eigenvalue weighted by molar-refractivity contribution is 9.10. The summed E-state index contributed by atoms with van der Waals surface area (Å²) in [5, 5.41) is 2.52. The summed E-state index contributed by atoms with van der Waals surface area (Å²) >= 11 is 3.10. The fourth-order valence-corrected chi connectivity index (χ4v) is 2.56. The summed E-state index contributed by atoms with van der Waals surface area (Å²) in [6.07, 6.45) is 2.00. The van der Waals surface area contributed by atoms with Crippen LogP contribution in [0.4, 0.5) is 10.1 Å². The van der Waals surface area contributed by atoms with Crippen LogP contribution in [0.3, 0.4) is 0 Å². The second kappa shape index (κ2) is 6.21. The lowest BCUT2D eigenvalue weighted by Crippen LogP contribution is -2.38. The van der Waals surface area contributed by atoms with Gasteiger partial charge in [0.05, 0.1) is 17.8 Å². The van der Waals surface area contributed by atoms with Gasteiger partial charge in [-0.25, -0.2) is 4.39 Å². The van der Waals surface area contributed by atoms with Crippen LogP contribution in [0.2, 0.25) is 0 Å². The van der Waals surface area contributed by atoms with Gasteiger partial charge in [-0.3, -0.25) is 9.59 Å². The molecule has 0 spiro atoms. The Morgan fingerprint density at radius 1 is 1.35 bits per heavy atom. The maximum absolute atomic E-state index is 13.2. The Kier molecular flexibility index (Phi) is 4.59. The molecule has 3 N–H and O–H groups in total. The van der Waals surface area contributed by atoms with Crippen molar-refractivity contribution in [3.05, 3.63) is 28.0 Å². The zero-order valence-electron chi connectivity index (χ0n) is 10.8. The van der Waals surface area contributed by atoms with Crippen LogP contribution in [-0.2, 0) is 4.79 Å². The van der Waals surface area contributed by atoms with Crippen molar-refractivity contribution in [3.63, 3.8) is 0 Å². The smallest absolute Gasteiger partial charge is 0.252 e. The van der Waals surface area contributed by atoms with Crippen LogP contribution >= 0.6 is 15.9 Å². The number of benzene rings is 1. The first kappa shape index (κ1) is 14.8. The minimum absolute atomic E-state index is 0.0669. The van der Waals surface area contributed by atoms with E-state index in [1.807, 2.05) is 0 Å². The molecule has 1 aromatic rings. The van der Waals surface area contributed by atoms with Gasteiger partial charge in [-0.15, -0.1) is 0 Å².